The van der Waals surface area contributed by atoms with Gasteiger partial charge in [-0.25, -0.2) is 4.98 Å². The van der Waals surface area contributed by atoms with Gasteiger partial charge in [0, 0.05) is 29.7 Å². The highest BCUT2D eigenvalue weighted by atomic mass is 32.1. The minimum absolute atomic E-state index is 0.189. The maximum Gasteiger partial charge on any atom is 0.123 e. The summed E-state index contributed by atoms with van der Waals surface area (Å²) < 4.78 is 0. The van der Waals surface area contributed by atoms with Gasteiger partial charge in [0.2, 0.25) is 0 Å². The van der Waals surface area contributed by atoms with Crippen LogP contribution >= 0.6 is 11.3 Å². The van der Waals surface area contributed by atoms with Crippen LogP contribution in [0, 0.1) is 13.8 Å². The molecule has 0 aliphatic carbocycles. The molecule has 0 amide bonds. The molecule has 0 fully saturated rings. The number of nitrogens with zero attached hydrogens (tertiary/aromatic N) is 1. The normalized spacial score (nSPS) is 10.7. The molecule has 84 valence electrons. The molecule has 0 atom stereocenters. The zero-order valence-corrected chi connectivity index (χ0v) is 10.3. The lowest BCUT2D eigenvalue weighted by molar-refractivity contribution is 0.300. The second-order valence-corrected chi connectivity index (χ2v) is 5.04. The first-order valence-electron chi connectivity index (χ1n) is 5.34. The fourth-order valence-corrected chi connectivity index (χ4v) is 2.61. The minimum atomic E-state index is 0.189. The highest BCUT2D eigenvalue weighted by Gasteiger charge is 2.07. The zero-order valence-electron chi connectivity index (χ0n) is 9.53. The fourth-order valence-electron chi connectivity index (χ4n) is 1.62. The second kappa shape index (κ2) is 4.76. The van der Waals surface area contributed by atoms with Gasteiger partial charge in [0.05, 0.1) is 0 Å². The van der Waals surface area contributed by atoms with E-state index in [4.69, 9.17) is 5.11 Å². The Hall–Kier alpha value is -1.19. The van der Waals surface area contributed by atoms with Crippen molar-refractivity contribution in [3.8, 4) is 10.6 Å². The Kier molecular flexibility index (Phi) is 3.36. The number of benzene rings is 1. The van der Waals surface area contributed by atoms with Gasteiger partial charge < -0.3 is 5.11 Å². The summed E-state index contributed by atoms with van der Waals surface area (Å²) in [5.74, 6) is 0. The van der Waals surface area contributed by atoms with Gasteiger partial charge in [0.15, 0.2) is 0 Å². The third kappa shape index (κ3) is 2.31. The zero-order chi connectivity index (χ0) is 11.5. The van der Waals surface area contributed by atoms with E-state index in [2.05, 4.69) is 37.0 Å². The first kappa shape index (κ1) is 11.3. The van der Waals surface area contributed by atoms with Crippen LogP contribution in [0.25, 0.3) is 10.6 Å². The quantitative estimate of drug-likeness (QED) is 0.884. The summed E-state index contributed by atoms with van der Waals surface area (Å²) in [4.78, 5) is 5.55. The molecule has 0 spiro atoms. The summed E-state index contributed by atoms with van der Waals surface area (Å²) in [6, 6.07) is 6.40. The Bertz CT molecular complexity index is 490. The van der Waals surface area contributed by atoms with E-state index in [0.29, 0.717) is 6.42 Å². The van der Waals surface area contributed by atoms with Crippen LogP contribution in [-0.4, -0.2) is 16.7 Å². The molecule has 0 saturated heterocycles. The van der Waals surface area contributed by atoms with Gasteiger partial charge in [-0.05, 0) is 25.5 Å². The molecular formula is C13H15NOS. The van der Waals surface area contributed by atoms with Gasteiger partial charge >= 0.3 is 0 Å². The third-order valence-corrected chi connectivity index (χ3v) is 3.63. The maximum absolute atomic E-state index is 8.88. The van der Waals surface area contributed by atoms with E-state index in [1.54, 1.807) is 11.3 Å². The number of aryl methyl sites for hydroxylation is 2. The van der Waals surface area contributed by atoms with Crippen molar-refractivity contribution in [2.75, 3.05) is 6.61 Å². The van der Waals surface area contributed by atoms with Gasteiger partial charge in [-0.2, -0.15) is 0 Å². The van der Waals surface area contributed by atoms with Crippen LogP contribution in [0.15, 0.2) is 24.4 Å². The van der Waals surface area contributed by atoms with E-state index in [0.717, 1.165) is 9.88 Å². The Balaban J connectivity index is 2.38. The van der Waals surface area contributed by atoms with E-state index in [1.807, 2.05) is 6.20 Å². The average Bonchev–Trinajstić information content (AvgIpc) is 2.71. The van der Waals surface area contributed by atoms with Crippen molar-refractivity contribution in [1.82, 2.24) is 4.98 Å². The lowest BCUT2D eigenvalue weighted by Gasteiger charge is -2.03. The molecule has 0 saturated carbocycles. The number of hydrogen-bond acceptors (Lipinski definition) is 3. The molecule has 0 aliphatic rings. The number of aliphatic hydroxyl groups excluding tert-OH is 1. The first-order chi connectivity index (χ1) is 7.70. The van der Waals surface area contributed by atoms with Crippen LogP contribution in [-0.2, 0) is 6.42 Å². The number of rotatable bonds is 3. The predicted molar refractivity (Wildman–Crippen MR) is 67.8 cm³/mol. The summed E-state index contributed by atoms with van der Waals surface area (Å²) in [5.41, 5.74) is 3.70. The molecule has 0 aliphatic heterocycles. The molecule has 2 nitrogen and oxygen atoms in total. The van der Waals surface area contributed by atoms with Gasteiger partial charge in [-0.15, -0.1) is 11.3 Å². The molecule has 0 radical (unpaired) electrons. The van der Waals surface area contributed by atoms with E-state index < -0.39 is 0 Å². The van der Waals surface area contributed by atoms with E-state index in [1.165, 1.54) is 16.7 Å². The average molecular weight is 233 g/mol. The number of aliphatic hydroxyl groups is 1. The Morgan fingerprint density at radius 2 is 2.12 bits per heavy atom. The number of thiazole rings is 1. The molecule has 1 aromatic carbocycles. The van der Waals surface area contributed by atoms with Crippen LogP contribution in [0.1, 0.15) is 16.0 Å². The van der Waals surface area contributed by atoms with Crippen molar-refractivity contribution < 1.29 is 5.11 Å². The highest BCUT2D eigenvalue weighted by molar-refractivity contribution is 7.15. The molecule has 1 N–H and O–H groups in total. The van der Waals surface area contributed by atoms with Gasteiger partial charge in [0.25, 0.3) is 0 Å². The summed E-state index contributed by atoms with van der Waals surface area (Å²) >= 11 is 1.66. The Morgan fingerprint density at radius 1 is 1.31 bits per heavy atom. The second-order valence-electron chi connectivity index (χ2n) is 3.92. The third-order valence-electron chi connectivity index (χ3n) is 2.54. The lowest BCUT2D eigenvalue weighted by Crippen LogP contribution is -1.84. The standard InChI is InChI=1S/C13H15NOS/c1-9-3-4-10(2)12(7-9)13-14-8-11(16-13)5-6-15/h3-4,7-8,15H,5-6H2,1-2H3. The summed E-state index contributed by atoms with van der Waals surface area (Å²) in [6.07, 6.45) is 2.56. The SMILES string of the molecule is Cc1ccc(C)c(-c2ncc(CCO)s2)c1. The van der Waals surface area contributed by atoms with Crippen LogP contribution in [0.2, 0.25) is 0 Å². The smallest absolute Gasteiger partial charge is 0.123 e. The molecule has 1 heterocycles. The minimum Gasteiger partial charge on any atom is -0.396 e. The summed E-state index contributed by atoms with van der Waals surface area (Å²) in [5, 5.41) is 9.92. The molecule has 2 aromatic rings. The predicted octanol–water partition coefficient (Wildman–Crippen LogP) is 2.96. The molecule has 3 heteroatoms. The first-order valence-corrected chi connectivity index (χ1v) is 6.15. The molecular weight excluding hydrogens is 218 g/mol. The van der Waals surface area contributed by atoms with Crippen LogP contribution < -0.4 is 0 Å². The van der Waals surface area contributed by atoms with E-state index in [9.17, 15) is 0 Å². The van der Waals surface area contributed by atoms with E-state index in [-0.39, 0.29) is 6.61 Å². The summed E-state index contributed by atoms with van der Waals surface area (Å²) in [7, 11) is 0. The monoisotopic (exact) mass is 233 g/mol. The van der Waals surface area contributed by atoms with E-state index >= 15 is 0 Å². The molecule has 0 bridgehead atoms. The number of hydrogen-bond donors (Lipinski definition) is 1. The van der Waals surface area contributed by atoms with Gasteiger partial charge in [-0.1, -0.05) is 17.7 Å². The highest BCUT2D eigenvalue weighted by Crippen LogP contribution is 2.28. The molecule has 16 heavy (non-hydrogen) atoms. The number of aromatic nitrogens is 1. The van der Waals surface area contributed by atoms with Crippen molar-refractivity contribution in [1.29, 1.82) is 0 Å². The van der Waals surface area contributed by atoms with Crippen molar-refractivity contribution in [3.63, 3.8) is 0 Å². The van der Waals surface area contributed by atoms with Crippen molar-refractivity contribution in [2.45, 2.75) is 20.3 Å². The van der Waals surface area contributed by atoms with Crippen molar-refractivity contribution in [2.24, 2.45) is 0 Å². The summed E-state index contributed by atoms with van der Waals surface area (Å²) in [6.45, 7) is 4.38. The molecule has 2 rings (SSSR count). The van der Waals surface area contributed by atoms with Crippen LogP contribution in [0.3, 0.4) is 0 Å². The van der Waals surface area contributed by atoms with Gasteiger partial charge in [0.1, 0.15) is 5.01 Å². The van der Waals surface area contributed by atoms with Gasteiger partial charge in [-0.3, -0.25) is 0 Å². The van der Waals surface area contributed by atoms with Crippen LogP contribution in [0.5, 0.6) is 0 Å². The Labute approximate surface area is 99.6 Å². The molecule has 1 aromatic heterocycles. The topological polar surface area (TPSA) is 33.1 Å². The van der Waals surface area contributed by atoms with Crippen LogP contribution in [0.4, 0.5) is 0 Å². The maximum atomic E-state index is 8.88. The fraction of sp³-hybridized carbons (Fsp3) is 0.308. The lowest BCUT2D eigenvalue weighted by atomic mass is 10.1. The Morgan fingerprint density at radius 3 is 2.88 bits per heavy atom. The van der Waals surface area contributed by atoms with Crippen molar-refractivity contribution in [3.05, 3.63) is 40.4 Å². The molecule has 0 unspecified atom stereocenters. The largest absolute Gasteiger partial charge is 0.396 e. The van der Waals surface area contributed by atoms with Crippen molar-refractivity contribution >= 4 is 11.3 Å².